The summed E-state index contributed by atoms with van der Waals surface area (Å²) >= 11 is 0. The zero-order chi connectivity index (χ0) is 13.9. The summed E-state index contributed by atoms with van der Waals surface area (Å²) in [5.41, 5.74) is 1.55. The predicted molar refractivity (Wildman–Crippen MR) is 81.6 cm³/mol. The van der Waals surface area contributed by atoms with Gasteiger partial charge in [0.25, 0.3) is 0 Å². The maximum Gasteiger partial charge on any atom is 0.133 e. The van der Waals surface area contributed by atoms with Gasteiger partial charge in [-0.15, -0.1) is 0 Å². The highest BCUT2D eigenvalue weighted by molar-refractivity contribution is 5.51. The van der Waals surface area contributed by atoms with Crippen LogP contribution in [-0.2, 0) is 0 Å². The zero-order valence-electron chi connectivity index (χ0n) is 12.7. The molecule has 106 valence electrons. The molecular formula is C16H27N3. The van der Waals surface area contributed by atoms with E-state index in [9.17, 15) is 0 Å². The summed E-state index contributed by atoms with van der Waals surface area (Å²) in [4.78, 5) is 7.15. The van der Waals surface area contributed by atoms with Crippen molar-refractivity contribution in [2.75, 3.05) is 18.0 Å². The molecule has 1 aromatic rings. The van der Waals surface area contributed by atoms with Crippen molar-refractivity contribution in [3.8, 4) is 0 Å². The molecule has 3 heteroatoms. The van der Waals surface area contributed by atoms with Crippen LogP contribution in [0.25, 0.3) is 0 Å². The third-order valence-corrected chi connectivity index (χ3v) is 4.14. The Hall–Kier alpha value is -1.09. The highest BCUT2D eigenvalue weighted by atomic mass is 15.3. The quantitative estimate of drug-likeness (QED) is 0.879. The number of hydrogen-bond acceptors (Lipinski definition) is 3. The molecule has 19 heavy (non-hydrogen) atoms. The maximum atomic E-state index is 4.67. The molecule has 0 amide bonds. The number of anilines is 1. The van der Waals surface area contributed by atoms with Gasteiger partial charge in [0, 0.05) is 29.9 Å². The second kappa shape index (κ2) is 5.91. The smallest absolute Gasteiger partial charge is 0.133 e. The van der Waals surface area contributed by atoms with Gasteiger partial charge in [-0.2, -0.15) is 0 Å². The first kappa shape index (κ1) is 14.3. The van der Waals surface area contributed by atoms with Crippen LogP contribution in [0.3, 0.4) is 0 Å². The number of nitrogens with zero attached hydrogens (tertiary/aromatic N) is 2. The Kier molecular flexibility index (Phi) is 4.46. The second-order valence-corrected chi connectivity index (χ2v) is 6.16. The molecule has 1 N–H and O–H groups in total. The lowest BCUT2D eigenvalue weighted by Gasteiger charge is -2.35. The van der Waals surface area contributed by atoms with E-state index in [1.807, 2.05) is 12.3 Å². The van der Waals surface area contributed by atoms with E-state index >= 15 is 0 Å². The topological polar surface area (TPSA) is 28.2 Å². The molecule has 0 spiro atoms. The summed E-state index contributed by atoms with van der Waals surface area (Å²) in [6, 6.07) is 4.62. The first-order valence-electron chi connectivity index (χ1n) is 7.52. The monoisotopic (exact) mass is 261 g/mol. The lowest BCUT2D eigenvalue weighted by molar-refractivity contribution is 0.506. The molecule has 1 fully saturated rings. The summed E-state index contributed by atoms with van der Waals surface area (Å²) in [5, 5.41) is 3.57. The van der Waals surface area contributed by atoms with Gasteiger partial charge in [0.05, 0.1) is 0 Å². The molecule has 2 rings (SSSR count). The van der Waals surface area contributed by atoms with E-state index in [1.54, 1.807) is 0 Å². The van der Waals surface area contributed by atoms with Crippen molar-refractivity contribution in [3.63, 3.8) is 0 Å². The maximum absolute atomic E-state index is 4.67. The molecular weight excluding hydrogens is 234 g/mol. The van der Waals surface area contributed by atoms with E-state index < -0.39 is 0 Å². The fourth-order valence-corrected chi connectivity index (χ4v) is 2.94. The lowest BCUT2D eigenvalue weighted by atomic mass is 10.0. The minimum absolute atomic E-state index is 0.230. The van der Waals surface area contributed by atoms with E-state index in [0.29, 0.717) is 6.04 Å². The molecule has 1 unspecified atom stereocenters. The summed E-state index contributed by atoms with van der Waals surface area (Å²) < 4.78 is 0. The predicted octanol–water partition coefficient (Wildman–Crippen LogP) is 3.52. The highest BCUT2D eigenvalue weighted by Crippen LogP contribution is 2.35. The molecule has 1 aromatic heterocycles. The van der Waals surface area contributed by atoms with Crippen molar-refractivity contribution in [1.82, 2.24) is 10.3 Å². The average Bonchev–Trinajstić information content (AvgIpc) is 2.75. The molecule has 3 nitrogen and oxygen atoms in total. The molecule has 0 aliphatic carbocycles. The Bertz CT molecular complexity index is 414. The summed E-state index contributed by atoms with van der Waals surface area (Å²) in [6.45, 7) is 11.3. The normalized spacial score (nSPS) is 19.7. The van der Waals surface area contributed by atoms with Crippen molar-refractivity contribution in [2.24, 2.45) is 0 Å². The summed E-state index contributed by atoms with van der Waals surface area (Å²) in [7, 11) is 0. The third kappa shape index (κ3) is 3.08. The fraction of sp³-hybridized carbons (Fsp3) is 0.688. The number of aromatic nitrogens is 1. The van der Waals surface area contributed by atoms with Gasteiger partial charge in [-0.05, 0) is 52.6 Å². The van der Waals surface area contributed by atoms with Crippen molar-refractivity contribution in [2.45, 2.75) is 58.5 Å². The number of pyridine rings is 1. The van der Waals surface area contributed by atoms with E-state index in [-0.39, 0.29) is 5.54 Å². The van der Waals surface area contributed by atoms with Crippen LogP contribution in [0, 0.1) is 0 Å². The van der Waals surface area contributed by atoms with E-state index in [4.69, 9.17) is 0 Å². The van der Waals surface area contributed by atoms with E-state index in [1.165, 1.54) is 24.2 Å². The molecule has 2 heterocycles. The van der Waals surface area contributed by atoms with Crippen molar-refractivity contribution < 1.29 is 0 Å². The summed E-state index contributed by atoms with van der Waals surface area (Å²) in [5.74, 6) is 1.17. The lowest BCUT2D eigenvalue weighted by Crippen LogP contribution is -2.39. The van der Waals surface area contributed by atoms with Crippen molar-refractivity contribution in [3.05, 3.63) is 23.9 Å². The van der Waals surface area contributed by atoms with Crippen LogP contribution < -0.4 is 10.2 Å². The average molecular weight is 261 g/mol. The van der Waals surface area contributed by atoms with Gasteiger partial charge in [0.15, 0.2) is 0 Å². The van der Waals surface area contributed by atoms with Gasteiger partial charge in [-0.1, -0.05) is 13.0 Å². The van der Waals surface area contributed by atoms with Gasteiger partial charge in [0.2, 0.25) is 0 Å². The number of rotatable bonds is 5. The Morgan fingerprint density at radius 3 is 2.89 bits per heavy atom. The van der Waals surface area contributed by atoms with E-state index in [2.05, 4.69) is 49.0 Å². The molecule has 1 atom stereocenters. The summed E-state index contributed by atoms with van der Waals surface area (Å²) in [6.07, 6.45) is 5.59. The standard InChI is InChI=1S/C16H27N3/c1-5-10-17-13(2)14-8-6-11-18-15(14)19-12-7-9-16(19,3)4/h6,8,11,13,17H,5,7,9-10,12H2,1-4H3. The zero-order valence-corrected chi connectivity index (χ0v) is 12.7. The molecule has 0 saturated carbocycles. The van der Waals surface area contributed by atoms with E-state index in [0.717, 1.165) is 19.5 Å². The number of hydrogen-bond donors (Lipinski definition) is 1. The molecule has 0 aromatic carbocycles. The van der Waals surface area contributed by atoms with Crippen LogP contribution in [0.4, 0.5) is 5.82 Å². The minimum atomic E-state index is 0.230. The molecule has 1 aliphatic rings. The second-order valence-electron chi connectivity index (χ2n) is 6.16. The van der Waals surface area contributed by atoms with Gasteiger partial charge in [-0.25, -0.2) is 4.98 Å². The Morgan fingerprint density at radius 1 is 1.47 bits per heavy atom. The van der Waals surface area contributed by atoms with Crippen LogP contribution in [0.15, 0.2) is 18.3 Å². The van der Waals surface area contributed by atoms with Gasteiger partial charge in [-0.3, -0.25) is 0 Å². The Balaban J connectivity index is 2.25. The van der Waals surface area contributed by atoms with Crippen molar-refractivity contribution >= 4 is 5.82 Å². The SMILES string of the molecule is CCCNC(C)c1cccnc1N1CCCC1(C)C. The first-order chi connectivity index (χ1) is 9.06. The Labute approximate surface area is 117 Å². The molecule has 0 bridgehead atoms. The van der Waals surface area contributed by atoms with Crippen LogP contribution >= 0.6 is 0 Å². The van der Waals surface area contributed by atoms with Crippen LogP contribution in [-0.4, -0.2) is 23.6 Å². The first-order valence-corrected chi connectivity index (χ1v) is 7.52. The van der Waals surface area contributed by atoms with Crippen LogP contribution in [0.5, 0.6) is 0 Å². The molecule has 1 saturated heterocycles. The van der Waals surface area contributed by atoms with Crippen LogP contribution in [0.1, 0.15) is 58.6 Å². The van der Waals surface area contributed by atoms with Crippen LogP contribution in [0.2, 0.25) is 0 Å². The Morgan fingerprint density at radius 2 is 2.26 bits per heavy atom. The largest absolute Gasteiger partial charge is 0.351 e. The molecule has 0 radical (unpaired) electrons. The highest BCUT2D eigenvalue weighted by Gasteiger charge is 2.34. The van der Waals surface area contributed by atoms with Gasteiger partial charge >= 0.3 is 0 Å². The fourth-order valence-electron chi connectivity index (χ4n) is 2.94. The third-order valence-electron chi connectivity index (χ3n) is 4.14. The minimum Gasteiger partial charge on any atom is -0.351 e. The van der Waals surface area contributed by atoms with Gasteiger partial charge < -0.3 is 10.2 Å². The molecule has 1 aliphatic heterocycles. The van der Waals surface area contributed by atoms with Gasteiger partial charge in [0.1, 0.15) is 5.82 Å². The van der Waals surface area contributed by atoms with Crippen molar-refractivity contribution in [1.29, 1.82) is 0 Å². The number of nitrogens with one attached hydrogen (secondary N) is 1.